The molecule has 1 saturated carbocycles. The summed E-state index contributed by atoms with van der Waals surface area (Å²) in [5.41, 5.74) is 3.53. The van der Waals surface area contributed by atoms with Crippen molar-refractivity contribution in [3.8, 4) is 5.75 Å². The van der Waals surface area contributed by atoms with Crippen molar-refractivity contribution in [2.75, 3.05) is 0 Å². The quantitative estimate of drug-likeness (QED) is 0.717. The van der Waals surface area contributed by atoms with Crippen molar-refractivity contribution < 1.29 is 4.74 Å². The standard InChI is InChI=1S/C21H21N3O/c1-2-5-16(6-3-1)15-25-19-10-8-17(9-11-19)20-13-21(20)22-14-18-7-4-12-23-24-18/h1-12,20-22H,13-15H2/t20-,21+/m0/s1. The maximum atomic E-state index is 5.85. The van der Waals surface area contributed by atoms with Crippen molar-refractivity contribution in [3.05, 3.63) is 89.7 Å². The summed E-state index contributed by atoms with van der Waals surface area (Å²) in [4.78, 5) is 0. The normalized spacial score (nSPS) is 18.7. The van der Waals surface area contributed by atoms with Gasteiger partial charge in [0.05, 0.1) is 5.69 Å². The Morgan fingerprint density at radius 3 is 2.56 bits per heavy atom. The fourth-order valence-electron chi connectivity index (χ4n) is 3.00. The molecule has 1 aliphatic carbocycles. The van der Waals surface area contributed by atoms with E-state index >= 15 is 0 Å². The van der Waals surface area contributed by atoms with E-state index in [0.717, 1.165) is 18.0 Å². The van der Waals surface area contributed by atoms with Crippen LogP contribution in [0.25, 0.3) is 0 Å². The predicted octanol–water partition coefficient (Wildman–Crippen LogP) is 3.70. The van der Waals surface area contributed by atoms with Gasteiger partial charge in [-0.25, -0.2) is 0 Å². The molecule has 1 heterocycles. The molecule has 4 rings (SSSR count). The second-order valence-electron chi connectivity index (χ2n) is 6.39. The average molecular weight is 331 g/mol. The lowest BCUT2D eigenvalue weighted by Gasteiger charge is -2.08. The topological polar surface area (TPSA) is 47.0 Å². The van der Waals surface area contributed by atoms with E-state index in [4.69, 9.17) is 4.74 Å². The fraction of sp³-hybridized carbons (Fsp3) is 0.238. The van der Waals surface area contributed by atoms with Crippen LogP contribution in [0.1, 0.15) is 29.2 Å². The number of aromatic nitrogens is 2. The number of rotatable bonds is 7. The molecule has 126 valence electrons. The van der Waals surface area contributed by atoms with Gasteiger partial charge in [-0.3, -0.25) is 0 Å². The summed E-state index contributed by atoms with van der Waals surface area (Å²) in [5.74, 6) is 1.50. The molecule has 0 bridgehead atoms. The van der Waals surface area contributed by atoms with Crippen LogP contribution in [0.3, 0.4) is 0 Å². The maximum Gasteiger partial charge on any atom is 0.119 e. The summed E-state index contributed by atoms with van der Waals surface area (Å²) in [6, 6.07) is 23.2. The van der Waals surface area contributed by atoms with Gasteiger partial charge in [-0.1, -0.05) is 42.5 Å². The maximum absolute atomic E-state index is 5.85. The highest BCUT2D eigenvalue weighted by Gasteiger charge is 2.37. The van der Waals surface area contributed by atoms with E-state index in [-0.39, 0.29) is 0 Å². The highest BCUT2D eigenvalue weighted by Crippen LogP contribution is 2.41. The lowest BCUT2D eigenvalue weighted by Crippen LogP contribution is -2.18. The van der Waals surface area contributed by atoms with Crippen molar-refractivity contribution >= 4 is 0 Å². The first-order valence-corrected chi connectivity index (χ1v) is 8.65. The third-order valence-electron chi connectivity index (χ3n) is 4.52. The van der Waals surface area contributed by atoms with Crippen LogP contribution in [0.5, 0.6) is 5.75 Å². The molecular formula is C21H21N3O. The van der Waals surface area contributed by atoms with Gasteiger partial charge in [0.1, 0.15) is 12.4 Å². The van der Waals surface area contributed by atoms with Crippen molar-refractivity contribution in [2.24, 2.45) is 0 Å². The largest absolute Gasteiger partial charge is 0.489 e. The zero-order chi connectivity index (χ0) is 16.9. The van der Waals surface area contributed by atoms with Crippen molar-refractivity contribution in [3.63, 3.8) is 0 Å². The number of ether oxygens (including phenoxy) is 1. The van der Waals surface area contributed by atoms with Crippen LogP contribution in [0.2, 0.25) is 0 Å². The van der Waals surface area contributed by atoms with Crippen molar-refractivity contribution in [1.29, 1.82) is 0 Å². The lowest BCUT2D eigenvalue weighted by atomic mass is 10.1. The average Bonchev–Trinajstić information content (AvgIpc) is 3.47. The van der Waals surface area contributed by atoms with Crippen molar-refractivity contribution in [2.45, 2.75) is 31.5 Å². The van der Waals surface area contributed by atoms with Crippen LogP contribution in [0.4, 0.5) is 0 Å². The highest BCUT2D eigenvalue weighted by molar-refractivity contribution is 5.34. The van der Waals surface area contributed by atoms with Crippen LogP contribution in [-0.2, 0) is 13.2 Å². The van der Waals surface area contributed by atoms with E-state index in [1.807, 2.05) is 30.3 Å². The van der Waals surface area contributed by atoms with Crippen LogP contribution < -0.4 is 10.1 Å². The molecule has 0 spiro atoms. The van der Waals surface area contributed by atoms with Gasteiger partial charge < -0.3 is 10.1 Å². The third-order valence-corrected chi connectivity index (χ3v) is 4.52. The second kappa shape index (κ2) is 7.45. The van der Waals surface area contributed by atoms with E-state index in [2.05, 4.69) is 51.9 Å². The van der Waals surface area contributed by atoms with Crippen LogP contribution in [0, 0.1) is 0 Å². The Bertz CT molecular complexity index is 790. The third kappa shape index (κ3) is 4.22. The molecule has 1 aliphatic rings. The number of benzene rings is 2. The molecule has 3 aromatic rings. The van der Waals surface area contributed by atoms with E-state index in [9.17, 15) is 0 Å². The molecule has 0 aliphatic heterocycles. The molecule has 0 saturated heterocycles. The molecule has 0 radical (unpaired) electrons. The van der Waals surface area contributed by atoms with E-state index < -0.39 is 0 Å². The summed E-state index contributed by atoms with van der Waals surface area (Å²) in [6.45, 7) is 1.37. The SMILES string of the molecule is c1ccc(COc2ccc([C@@H]3C[C@H]3NCc3cccnn3)cc2)cc1. The van der Waals surface area contributed by atoms with Gasteiger partial charge in [0, 0.05) is 24.7 Å². The van der Waals surface area contributed by atoms with Gasteiger partial charge in [-0.15, -0.1) is 0 Å². The van der Waals surface area contributed by atoms with Gasteiger partial charge in [-0.05, 0) is 41.8 Å². The molecule has 2 aromatic carbocycles. The zero-order valence-corrected chi connectivity index (χ0v) is 14.0. The molecular weight excluding hydrogens is 310 g/mol. The summed E-state index contributed by atoms with van der Waals surface area (Å²) < 4.78 is 5.85. The summed E-state index contributed by atoms with van der Waals surface area (Å²) in [7, 11) is 0. The van der Waals surface area contributed by atoms with Gasteiger partial charge in [0.2, 0.25) is 0 Å². The van der Waals surface area contributed by atoms with Gasteiger partial charge in [0.15, 0.2) is 0 Å². The van der Waals surface area contributed by atoms with Crippen LogP contribution in [0.15, 0.2) is 72.9 Å². The summed E-state index contributed by atoms with van der Waals surface area (Å²) in [5, 5.41) is 11.6. The molecule has 4 heteroatoms. The molecule has 1 fully saturated rings. The number of hydrogen-bond acceptors (Lipinski definition) is 4. The highest BCUT2D eigenvalue weighted by atomic mass is 16.5. The van der Waals surface area contributed by atoms with E-state index in [1.165, 1.54) is 17.5 Å². The smallest absolute Gasteiger partial charge is 0.119 e. The minimum Gasteiger partial charge on any atom is -0.489 e. The summed E-state index contributed by atoms with van der Waals surface area (Å²) >= 11 is 0. The minimum absolute atomic E-state index is 0.526. The Balaban J connectivity index is 1.27. The van der Waals surface area contributed by atoms with E-state index in [0.29, 0.717) is 18.6 Å². The zero-order valence-electron chi connectivity index (χ0n) is 14.0. The Kier molecular flexibility index (Phi) is 4.70. The Morgan fingerprint density at radius 1 is 0.960 bits per heavy atom. The molecule has 2 atom stereocenters. The van der Waals surface area contributed by atoms with Crippen LogP contribution in [-0.4, -0.2) is 16.2 Å². The van der Waals surface area contributed by atoms with Crippen LogP contribution >= 0.6 is 0 Å². The van der Waals surface area contributed by atoms with Gasteiger partial charge in [0.25, 0.3) is 0 Å². The first-order chi connectivity index (χ1) is 12.4. The summed E-state index contributed by atoms with van der Waals surface area (Å²) in [6.07, 6.45) is 2.87. The first-order valence-electron chi connectivity index (χ1n) is 8.65. The van der Waals surface area contributed by atoms with Gasteiger partial charge >= 0.3 is 0 Å². The molecule has 4 nitrogen and oxygen atoms in total. The second-order valence-corrected chi connectivity index (χ2v) is 6.39. The molecule has 0 amide bonds. The van der Waals surface area contributed by atoms with Gasteiger partial charge in [-0.2, -0.15) is 10.2 Å². The molecule has 25 heavy (non-hydrogen) atoms. The van der Waals surface area contributed by atoms with Crippen molar-refractivity contribution in [1.82, 2.24) is 15.5 Å². The Labute approximate surface area is 147 Å². The monoisotopic (exact) mass is 331 g/mol. The number of nitrogens with one attached hydrogen (secondary N) is 1. The fourth-order valence-corrected chi connectivity index (χ4v) is 3.00. The molecule has 0 unspecified atom stereocenters. The molecule has 1 N–H and O–H groups in total. The Hall–Kier alpha value is -2.72. The first kappa shape index (κ1) is 15.8. The minimum atomic E-state index is 0.526. The lowest BCUT2D eigenvalue weighted by molar-refractivity contribution is 0.306. The number of nitrogens with zero attached hydrogens (tertiary/aromatic N) is 2. The van der Waals surface area contributed by atoms with E-state index in [1.54, 1.807) is 6.20 Å². The Morgan fingerprint density at radius 2 is 1.80 bits per heavy atom. The predicted molar refractivity (Wildman–Crippen MR) is 97.2 cm³/mol. The number of hydrogen-bond donors (Lipinski definition) is 1. The molecule has 1 aromatic heterocycles.